The Morgan fingerprint density at radius 3 is 2.80 bits per heavy atom. The van der Waals surface area contributed by atoms with Gasteiger partial charge in [0.15, 0.2) is 0 Å². The van der Waals surface area contributed by atoms with Crippen LogP contribution in [0.1, 0.15) is 30.0 Å². The van der Waals surface area contributed by atoms with Crippen LogP contribution in [0.5, 0.6) is 0 Å². The second-order valence-corrected chi connectivity index (χ2v) is 6.32. The standard InChI is InChI=1S/C15H19ClN2OS/c1-2-12(17)15(13-6-7-14(16)20-13)19-10-8-11-5-3-4-9-18-11/h3-7,9,12,15H,2,8,10,17H2,1H3. The topological polar surface area (TPSA) is 48.1 Å². The number of nitrogens with zero attached hydrogens (tertiary/aromatic N) is 1. The van der Waals surface area contributed by atoms with Crippen LogP contribution in [0, 0.1) is 0 Å². The molecule has 2 aromatic rings. The normalized spacial score (nSPS) is 14.2. The molecule has 0 spiro atoms. The lowest BCUT2D eigenvalue weighted by atomic mass is 10.1. The van der Waals surface area contributed by atoms with E-state index >= 15 is 0 Å². The minimum Gasteiger partial charge on any atom is -0.371 e. The van der Waals surface area contributed by atoms with Gasteiger partial charge in [-0.3, -0.25) is 4.98 Å². The first-order valence-electron chi connectivity index (χ1n) is 6.73. The van der Waals surface area contributed by atoms with Crippen molar-refractivity contribution in [2.45, 2.75) is 31.9 Å². The summed E-state index contributed by atoms with van der Waals surface area (Å²) >= 11 is 7.53. The number of rotatable bonds is 7. The van der Waals surface area contributed by atoms with Gasteiger partial charge in [0, 0.05) is 29.2 Å². The van der Waals surface area contributed by atoms with Crippen LogP contribution in [-0.2, 0) is 11.2 Å². The highest BCUT2D eigenvalue weighted by molar-refractivity contribution is 7.16. The molecule has 0 radical (unpaired) electrons. The Kier molecular flexibility index (Phi) is 5.98. The molecule has 2 heterocycles. The van der Waals surface area contributed by atoms with Gasteiger partial charge >= 0.3 is 0 Å². The minimum absolute atomic E-state index is 0.0200. The summed E-state index contributed by atoms with van der Waals surface area (Å²) in [6.07, 6.45) is 3.35. The SMILES string of the molecule is CCC(N)C(OCCc1ccccn1)c1ccc(Cl)s1. The lowest BCUT2D eigenvalue weighted by Gasteiger charge is -2.22. The van der Waals surface area contributed by atoms with Gasteiger partial charge in [-0.1, -0.05) is 24.6 Å². The van der Waals surface area contributed by atoms with Crippen LogP contribution in [0.4, 0.5) is 0 Å². The van der Waals surface area contributed by atoms with E-state index in [-0.39, 0.29) is 12.1 Å². The lowest BCUT2D eigenvalue weighted by molar-refractivity contribution is 0.0375. The van der Waals surface area contributed by atoms with Crippen LogP contribution in [0.2, 0.25) is 4.34 Å². The third-order valence-corrected chi connectivity index (χ3v) is 4.41. The molecule has 0 saturated carbocycles. The molecule has 0 fully saturated rings. The van der Waals surface area contributed by atoms with E-state index in [2.05, 4.69) is 11.9 Å². The molecule has 2 N–H and O–H groups in total. The highest BCUT2D eigenvalue weighted by Crippen LogP contribution is 2.31. The number of ether oxygens (including phenoxy) is 1. The van der Waals surface area contributed by atoms with Crippen molar-refractivity contribution in [3.05, 3.63) is 51.4 Å². The summed E-state index contributed by atoms with van der Waals surface area (Å²) in [5, 5.41) is 0. The summed E-state index contributed by atoms with van der Waals surface area (Å²) < 4.78 is 6.75. The Balaban J connectivity index is 1.95. The van der Waals surface area contributed by atoms with Gasteiger partial charge in [-0.25, -0.2) is 0 Å². The zero-order valence-corrected chi connectivity index (χ0v) is 13.0. The second-order valence-electron chi connectivity index (χ2n) is 4.58. The maximum Gasteiger partial charge on any atom is 0.107 e. The Morgan fingerprint density at radius 1 is 1.35 bits per heavy atom. The molecule has 0 saturated heterocycles. The Hall–Kier alpha value is -0.940. The van der Waals surface area contributed by atoms with Crippen molar-refractivity contribution < 1.29 is 4.74 Å². The van der Waals surface area contributed by atoms with Crippen molar-refractivity contribution in [2.75, 3.05) is 6.61 Å². The second kappa shape index (κ2) is 7.74. The molecule has 2 aromatic heterocycles. The molecule has 0 aliphatic rings. The van der Waals surface area contributed by atoms with Gasteiger partial charge in [0.25, 0.3) is 0 Å². The fraction of sp³-hybridized carbons (Fsp3) is 0.400. The zero-order chi connectivity index (χ0) is 14.4. The van der Waals surface area contributed by atoms with Crippen LogP contribution >= 0.6 is 22.9 Å². The van der Waals surface area contributed by atoms with Crippen molar-refractivity contribution in [1.82, 2.24) is 4.98 Å². The summed E-state index contributed by atoms with van der Waals surface area (Å²) in [6, 6.07) is 9.76. The summed E-state index contributed by atoms with van der Waals surface area (Å²) in [6.45, 7) is 2.67. The lowest BCUT2D eigenvalue weighted by Crippen LogP contribution is -2.29. The Labute approximate surface area is 128 Å². The van der Waals surface area contributed by atoms with Crippen LogP contribution in [0.25, 0.3) is 0 Å². The van der Waals surface area contributed by atoms with Gasteiger partial charge in [-0.05, 0) is 30.7 Å². The van der Waals surface area contributed by atoms with Gasteiger partial charge in [-0.15, -0.1) is 11.3 Å². The molecule has 20 heavy (non-hydrogen) atoms. The molecule has 0 amide bonds. The average molecular weight is 311 g/mol. The fourth-order valence-electron chi connectivity index (χ4n) is 1.95. The Bertz CT molecular complexity index is 518. The predicted octanol–water partition coefficient (Wildman–Crippen LogP) is 3.83. The highest BCUT2D eigenvalue weighted by Gasteiger charge is 2.21. The van der Waals surface area contributed by atoms with E-state index in [0.717, 1.165) is 27.7 Å². The largest absolute Gasteiger partial charge is 0.371 e. The van der Waals surface area contributed by atoms with E-state index in [9.17, 15) is 0 Å². The number of aromatic nitrogens is 1. The van der Waals surface area contributed by atoms with Gasteiger partial charge in [0.1, 0.15) is 6.10 Å². The average Bonchev–Trinajstić information content (AvgIpc) is 2.90. The van der Waals surface area contributed by atoms with Crippen LogP contribution in [-0.4, -0.2) is 17.6 Å². The Morgan fingerprint density at radius 2 is 2.20 bits per heavy atom. The maximum absolute atomic E-state index is 6.16. The summed E-state index contributed by atoms with van der Waals surface area (Å²) in [5.41, 5.74) is 7.19. The zero-order valence-electron chi connectivity index (χ0n) is 11.5. The molecular formula is C15H19ClN2OS. The molecular weight excluding hydrogens is 292 g/mol. The van der Waals surface area contributed by atoms with E-state index < -0.39 is 0 Å². The van der Waals surface area contributed by atoms with E-state index in [1.807, 2.05) is 30.3 Å². The first kappa shape index (κ1) is 15.4. The first-order valence-corrected chi connectivity index (χ1v) is 7.92. The van der Waals surface area contributed by atoms with Crippen molar-refractivity contribution in [2.24, 2.45) is 5.73 Å². The molecule has 0 aliphatic carbocycles. The number of halogens is 1. The third kappa shape index (κ3) is 4.28. The van der Waals surface area contributed by atoms with Crippen molar-refractivity contribution in [3.8, 4) is 0 Å². The summed E-state index contributed by atoms with van der Waals surface area (Å²) in [5.74, 6) is 0. The number of nitrogens with two attached hydrogens (primary N) is 1. The van der Waals surface area contributed by atoms with E-state index in [1.54, 1.807) is 6.20 Å². The van der Waals surface area contributed by atoms with Gasteiger partial charge < -0.3 is 10.5 Å². The smallest absolute Gasteiger partial charge is 0.107 e. The number of thiophene rings is 1. The monoisotopic (exact) mass is 310 g/mol. The molecule has 2 rings (SSSR count). The summed E-state index contributed by atoms with van der Waals surface area (Å²) in [7, 11) is 0. The van der Waals surface area contributed by atoms with Crippen molar-refractivity contribution in [1.29, 1.82) is 0 Å². The van der Waals surface area contributed by atoms with Gasteiger partial charge in [-0.2, -0.15) is 0 Å². The first-order chi connectivity index (χ1) is 9.70. The van der Waals surface area contributed by atoms with Crippen LogP contribution in [0.15, 0.2) is 36.5 Å². The van der Waals surface area contributed by atoms with Crippen LogP contribution in [0.3, 0.4) is 0 Å². The van der Waals surface area contributed by atoms with Gasteiger partial charge in [0.05, 0.1) is 10.9 Å². The quantitative estimate of drug-likeness (QED) is 0.845. The predicted molar refractivity (Wildman–Crippen MR) is 84.2 cm³/mol. The van der Waals surface area contributed by atoms with Gasteiger partial charge in [0.2, 0.25) is 0 Å². The molecule has 0 bridgehead atoms. The molecule has 0 aliphatic heterocycles. The highest BCUT2D eigenvalue weighted by atomic mass is 35.5. The number of hydrogen-bond acceptors (Lipinski definition) is 4. The summed E-state index contributed by atoms with van der Waals surface area (Å²) in [4.78, 5) is 5.38. The number of hydrogen-bond donors (Lipinski definition) is 1. The molecule has 2 atom stereocenters. The molecule has 2 unspecified atom stereocenters. The third-order valence-electron chi connectivity index (χ3n) is 3.12. The van der Waals surface area contributed by atoms with Crippen molar-refractivity contribution in [3.63, 3.8) is 0 Å². The minimum atomic E-state index is -0.0961. The van der Waals surface area contributed by atoms with E-state index in [1.165, 1.54) is 11.3 Å². The van der Waals surface area contributed by atoms with Crippen LogP contribution < -0.4 is 5.73 Å². The molecule has 5 heteroatoms. The van der Waals surface area contributed by atoms with Crippen molar-refractivity contribution >= 4 is 22.9 Å². The van der Waals surface area contributed by atoms with E-state index in [0.29, 0.717) is 6.61 Å². The molecule has 0 aromatic carbocycles. The molecule has 108 valence electrons. The van der Waals surface area contributed by atoms with E-state index in [4.69, 9.17) is 22.1 Å². The number of pyridine rings is 1. The fourth-order valence-corrected chi connectivity index (χ4v) is 3.14. The molecule has 3 nitrogen and oxygen atoms in total. The maximum atomic E-state index is 6.16.